The summed E-state index contributed by atoms with van der Waals surface area (Å²) in [5, 5.41) is 1.52. The molecule has 1 aliphatic rings. The summed E-state index contributed by atoms with van der Waals surface area (Å²) >= 11 is 10.6. The summed E-state index contributed by atoms with van der Waals surface area (Å²) < 4.78 is 61.7. The van der Waals surface area contributed by atoms with Gasteiger partial charge in [0.05, 0.1) is 6.10 Å². The number of carbonyl (C=O) groups excluding carboxylic acids is 1. The van der Waals surface area contributed by atoms with Crippen molar-refractivity contribution in [1.82, 2.24) is 10.2 Å². The van der Waals surface area contributed by atoms with Crippen molar-refractivity contribution in [1.29, 1.82) is 0 Å². The number of thiocarbonyl (C=S) groups is 1. The number of hydrogen-bond donors (Lipinski definition) is 1. The van der Waals surface area contributed by atoms with E-state index in [-0.39, 0.29) is 37.4 Å². The molecule has 0 aromatic heterocycles. The van der Waals surface area contributed by atoms with Gasteiger partial charge in [0, 0.05) is 31.7 Å². The van der Waals surface area contributed by atoms with E-state index in [0.717, 1.165) is 6.42 Å². The number of ether oxygens (including phenoxy) is 1. The highest BCUT2D eigenvalue weighted by atomic mass is 35.5. The summed E-state index contributed by atoms with van der Waals surface area (Å²) in [6.07, 6.45) is 0.813. The van der Waals surface area contributed by atoms with Crippen LogP contribution >= 0.6 is 23.8 Å². The smallest absolute Gasteiger partial charge is 0.257 e. The second-order valence-electron chi connectivity index (χ2n) is 7.52. The predicted octanol–water partition coefficient (Wildman–Crippen LogP) is 4.91. The number of anilines is 1. The molecule has 2 aromatic carbocycles. The Morgan fingerprint density at radius 3 is 2.30 bits per heavy atom. The Bertz CT molecular complexity index is 1040. The minimum atomic E-state index is -1.64. The van der Waals surface area contributed by atoms with Gasteiger partial charge in [-0.1, -0.05) is 24.6 Å². The van der Waals surface area contributed by atoms with Crippen molar-refractivity contribution in [2.45, 2.75) is 26.4 Å². The maximum absolute atomic E-state index is 14.2. The van der Waals surface area contributed by atoms with Gasteiger partial charge in [-0.3, -0.25) is 10.1 Å². The first-order valence-corrected chi connectivity index (χ1v) is 11.1. The van der Waals surface area contributed by atoms with Crippen LogP contribution in [0, 0.1) is 23.3 Å². The molecule has 1 atom stereocenters. The highest BCUT2D eigenvalue weighted by Crippen LogP contribution is 2.33. The monoisotopic (exact) mass is 503 g/mol. The number of carbonyl (C=O) groups is 1. The lowest BCUT2D eigenvalue weighted by Gasteiger charge is -2.37. The number of hydrogen-bond acceptors (Lipinski definition) is 4. The van der Waals surface area contributed by atoms with Gasteiger partial charge in [0.1, 0.15) is 16.5 Å². The Morgan fingerprint density at radius 1 is 1.12 bits per heavy atom. The summed E-state index contributed by atoms with van der Waals surface area (Å²) in [6.45, 7) is 4.28. The Balaban J connectivity index is 1.63. The van der Waals surface area contributed by atoms with Gasteiger partial charge in [-0.05, 0) is 43.8 Å². The molecule has 1 fully saturated rings. The Labute approximate surface area is 199 Å². The fourth-order valence-electron chi connectivity index (χ4n) is 3.28. The number of amides is 1. The molecule has 33 heavy (non-hydrogen) atoms. The average molecular weight is 504 g/mol. The lowest BCUT2D eigenvalue weighted by Crippen LogP contribution is -2.53. The number of nitrogens with zero attached hydrogens (tertiary/aromatic N) is 2. The number of nitrogens with one attached hydrogen (secondary N) is 1. The molecule has 178 valence electrons. The minimum absolute atomic E-state index is 0.00190. The van der Waals surface area contributed by atoms with E-state index in [1.54, 1.807) is 29.2 Å². The Hall–Kier alpha value is -2.59. The second-order valence-corrected chi connectivity index (χ2v) is 8.28. The van der Waals surface area contributed by atoms with Crippen molar-refractivity contribution in [2.24, 2.45) is 0 Å². The fraction of sp³-hybridized carbons (Fsp3) is 0.364. The van der Waals surface area contributed by atoms with Crippen LogP contribution in [0.1, 0.15) is 30.6 Å². The summed E-state index contributed by atoms with van der Waals surface area (Å²) in [6, 6.07) is 6.68. The van der Waals surface area contributed by atoms with Crippen LogP contribution in [0.15, 0.2) is 24.3 Å². The van der Waals surface area contributed by atoms with E-state index in [2.05, 4.69) is 5.32 Å². The van der Waals surface area contributed by atoms with Crippen molar-refractivity contribution in [3.05, 3.63) is 58.1 Å². The van der Waals surface area contributed by atoms with Crippen molar-refractivity contribution in [2.75, 3.05) is 31.1 Å². The van der Waals surface area contributed by atoms with Gasteiger partial charge in [-0.15, -0.1) is 0 Å². The zero-order valence-corrected chi connectivity index (χ0v) is 19.5. The molecular formula is C22H22ClF4N3O2S. The van der Waals surface area contributed by atoms with Gasteiger partial charge < -0.3 is 14.5 Å². The predicted molar refractivity (Wildman–Crippen MR) is 122 cm³/mol. The van der Waals surface area contributed by atoms with Crippen LogP contribution in [0.2, 0.25) is 5.02 Å². The first-order chi connectivity index (χ1) is 15.6. The molecule has 0 unspecified atom stereocenters. The molecule has 1 N–H and O–H groups in total. The van der Waals surface area contributed by atoms with Crippen LogP contribution in [0.5, 0.6) is 5.75 Å². The molecule has 1 heterocycles. The molecule has 3 rings (SSSR count). The summed E-state index contributed by atoms with van der Waals surface area (Å²) in [5.74, 6) is -6.27. The molecule has 2 aromatic rings. The molecule has 0 radical (unpaired) electrons. The van der Waals surface area contributed by atoms with Crippen molar-refractivity contribution in [3.63, 3.8) is 0 Å². The van der Waals surface area contributed by atoms with Crippen LogP contribution in [-0.2, 0) is 0 Å². The van der Waals surface area contributed by atoms with E-state index >= 15 is 0 Å². The molecule has 5 nitrogen and oxygen atoms in total. The highest BCUT2D eigenvalue weighted by Gasteiger charge is 2.30. The standard InChI is InChI=1S/C22H22ClF4N3O2S/c1-3-12(2)32-14-6-4-5-13(11-14)21(31)28-22(33)30-9-7-29(8-10-30)20-18(26)16(24)15(23)17(25)19(20)27/h4-6,11-12H,3,7-10H2,1-2H3,(H,28,31,33)/t12-/m1/s1. The van der Waals surface area contributed by atoms with Gasteiger partial charge in [0.15, 0.2) is 28.4 Å². The topological polar surface area (TPSA) is 44.8 Å². The van der Waals surface area contributed by atoms with Crippen LogP contribution in [0.4, 0.5) is 23.2 Å². The minimum Gasteiger partial charge on any atom is -0.491 e. The number of piperazine rings is 1. The van der Waals surface area contributed by atoms with Crippen LogP contribution < -0.4 is 15.0 Å². The maximum Gasteiger partial charge on any atom is 0.257 e. The van der Waals surface area contributed by atoms with E-state index in [4.69, 9.17) is 28.6 Å². The lowest BCUT2D eigenvalue weighted by atomic mass is 10.2. The third-order valence-corrected chi connectivity index (χ3v) is 5.99. The number of benzene rings is 2. The van der Waals surface area contributed by atoms with E-state index in [0.29, 0.717) is 11.3 Å². The first kappa shape index (κ1) is 25.0. The third-order valence-electron chi connectivity index (χ3n) is 5.30. The molecule has 11 heteroatoms. The number of halogens is 5. The quantitative estimate of drug-likeness (QED) is 0.272. The van der Waals surface area contributed by atoms with Crippen molar-refractivity contribution >= 4 is 40.5 Å². The van der Waals surface area contributed by atoms with E-state index in [1.807, 2.05) is 13.8 Å². The molecule has 0 aliphatic carbocycles. The molecule has 0 saturated carbocycles. The zero-order valence-electron chi connectivity index (χ0n) is 17.9. The Kier molecular flexibility index (Phi) is 8.01. The molecule has 0 bridgehead atoms. The zero-order chi connectivity index (χ0) is 24.3. The molecule has 0 spiro atoms. The normalized spacial score (nSPS) is 14.8. The molecule has 1 saturated heterocycles. The average Bonchev–Trinajstić information content (AvgIpc) is 2.82. The third kappa shape index (κ3) is 5.50. The summed E-state index contributed by atoms with van der Waals surface area (Å²) in [7, 11) is 0. The second kappa shape index (κ2) is 10.6. The van der Waals surface area contributed by atoms with Gasteiger partial charge in [-0.2, -0.15) is 0 Å². The van der Waals surface area contributed by atoms with Gasteiger partial charge >= 0.3 is 0 Å². The van der Waals surface area contributed by atoms with E-state index in [9.17, 15) is 22.4 Å². The molecule has 1 amide bonds. The molecule has 1 aliphatic heterocycles. The number of rotatable bonds is 5. The summed E-state index contributed by atoms with van der Waals surface area (Å²) in [5.41, 5.74) is -0.463. The van der Waals surface area contributed by atoms with Gasteiger partial charge in [0.2, 0.25) is 0 Å². The van der Waals surface area contributed by atoms with Crippen molar-refractivity contribution < 1.29 is 27.1 Å². The van der Waals surface area contributed by atoms with E-state index < -0.39 is 39.9 Å². The highest BCUT2D eigenvalue weighted by molar-refractivity contribution is 7.80. The SMILES string of the molecule is CC[C@@H](C)Oc1cccc(C(=O)NC(=S)N2CCN(c3c(F)c(F)c(Cl)c(F)c3F)CC2)c1. The van der Waals surface area contributed by atoms with Gasteiger partial charge in [-0.25, -0.2) is 17.6 Å². The Morgan fingerprint density at radius 2 is 1.73 bits per heavy atom. The van der Waals surface area contributed by atoms with Crippen LogP contribution in [-0.4, -0.2) is 48.2 Å². The first-order valence-electron chi connectivity index (χ1n) is 10.3. The fourth-order valence-corrected chi connectivity index (χ4v) is 3.72. The van der Waals surface area contributed by atoms with Crippen LogP contribution in [0.25, 0.3) is 0 Å². The molecular weight excluding hydrogens is 482 g/mol. The van der Waals surface area contributed by atoms with Crippen LogP contribution in [0.3, 0.4) is 0 Å². The van der Waals surface area contributed by atoms with Crippen molar-refractivity contribution in [3.8, 4) is 5.75 Å². The van der Waals surface area contributed by atoms with Gasteiger partial charge in [0.25, 0.3) is 5.91 Å². The largest absolute Gasteiger partial charge is 0.491 e. The lowest BCUT2D eigenvalue weighted by molar-refractivity contribution is 0.0972. The maximum atomic E-state index is 14.2. The van der Waals surface area contributed by atoms with E-state index in [1.165, 1.54) is 4.90 Å². The summed E-state index contributed by atoms with van der Waals surface area (Å²) in [4.78, 5) is 15.4.